The molecule has 1 aliphatic heterocycles. The average molecular weight is 366 g/mol. The number of nitrogens with zero attached hydrogens (tertiary/aromatic N) is 2. The molecule has 1 fully saturated rings. The van der Waals surface area contributed by atoms with Crippen molar-refractivity contribution in [3.63, 3.8) is 0 Å². The number of rotatable bonds is 6. The summed E-state index contributed by atoms with van der Waals surface area (Å²) in [5, 5.41) is 0. The van der Waals surface area contributed by atoms with Gasteiger partial charge in [-0.15, -0.1) is 0 Å². The highest BCUT2D eigenvalue weighted by Gasteiger charge is 2.39. The van der Waals surface area contributed by atoms with Crippen LogP contribution in [-0.2, 0) is 4.74 Å². The van der Waals surface area contributed by atoms with Crippen LogP contribution in [-0.4, -0.2) is 49.8 Å². The molecule has 0 atom stereocenters. The van der Waals surface area contributed by atoms with Crippen LogP contribution in [0.5, 0.6) is 0 Å². The number of alkyl halides is 2. The minimum Gasteiger partial charge on any atom is -0.496 e. The zero-order valence-electron chi connectivity index (χ0n) is 16.7. The van der Waals surface area contributed by atoms with E-state index in [-0.39, 0.29) is 6.42 Å². The summed E-state index contributed by atoms with van der Waals surface area (Å²) in [6.07, 6.45) is 5.21. The molecule has 1 aliphatic carbocycles. The molecular formula is C21H32F2N2O. The first-order valence-electron chi connectivity index (χ1n) is 9.65. The van der Waals surface area contributed by atoms with Crippen molar-refractivity contribution >= 4 is 5.71 Å². The van der Waals surface area contributed by atoms with Crippen molar-refractivity contribution in [2.24, 2.45) is 10.9 Å². The Hall–Kier alpha value is -1.49. The summed E-state index contributed by atoms with van der Waals surface area (Å²) >= 11 is 0. The lowest BCUT2D eigenvalue weighted by atomic mass is 9.87. The molecule has 0 aromatic heterocycles. The Morgan fingerprint density at radius 1 is 1.31 bits per heavy atom. The van der Waals surface area contributed by atoms with Gasteiger partial charge in [0, 0.05) is 36.6 Å². The molecule has 3 nitrogen and oxygen atoms in total. The maximum absolute atomic E-state index is 13.9. The van der Waals surface area contributed by atoms with Crippen molar-refractivity contribution in [2.45, 2.75) is 52.9 Å². The van der Waals surface area contributed by atoms with Crippen LogP contribution in [0.1, 0.15) is 47.0 Å². The number of halogens is 2. The van der Waals surface area contributed by atoms with Crippen LogP contribution in [0, 0.1) is 5.92 Å². The third-order valence-electron chi connectivity index (χ3n) is 5.51. The maximum atomic E-state index is 13.9. The fourth-order valence-corrected chi connectivity index (χ4v) is 3.88. The van der Waals surface area contributed by atoms with Crippen molar-refractivity contribution < 1.29 is 13.5 Å². The van der Waals surface area contributed by atoms with Crippen LogP contribution >= 0.6 is 0 Å². The van der Waals surface area contributed by atoms with E-state index in [1.54, 1.807) is 14.0 Å². The number of allylic oxidation sites excluding steroid dienone is 3. The molecule has 146 valence electrons. The molecule has 26 heavy (non-hydrogen) atoms. The van der Waals surface area contributed by atoms with Crippen molar-refractivity contribution in [2.75, 3.05) is 33.3 Å². The van der Waals surface area contributed by atoms with Crippen LogP contribution in [0.25, 0.3) is 0 Å². The number of hydrogen-bond acceptors (Lipinski definition) is 3. The Morgan fingerprint density at radius 2 is 1.96 bits per heavy atom. The molecule has 0 unspecified atom stereocenters. The first-order valence-corrected chi connectivity index (χ1v) is 9.65. The molecule has 5 heteroatoms. The van der Waals surface area contributed by atoms with Gasteiger partial charge >= 0.3 is 0 Å². The van der Waals surface area contributed by atoms with E-state index in [1.807, 2.05) is 20.8 Å². The lowest BCUT2D eigenvalue weighted by Gasteiger charge is -2.36. The highest BCUT2D eigenvalue weighted by molar-refractivity contribution is 6.16. The Bertz CT molecular complexity index is 624. The number of hydrogen-bond donors (Lipinski definition) is 0. The van der Waals surface area contributed by atoms with Crippen LogP contribution < -0.4 is 0 Å². The number of piperidine rings is 1. The minimum atomic E-state index is -2.53. The zero-order valence-corrected chi connectivity index (χ0v) is 16.7. The summed E-state index contributed by atoms with van der Waals surface area (Å²) in [7, 11) is 1.68. The van der Waals surface area contributed by atoms with E-state index in [4.69, 9.17) is 4.74 Å². The predicted octanol–water partition coefficient (Wildman–Crippen LogP) is 5.01. The first kappa shape index (κ1) is 20.8. The molecule has 0 amide bonds. The van der Waals surface area contributed by atoms with Gasteiger partial charge in [-0.2, -0.15) is 0 Å². The van der Waals surface area contributed by atoms with E-state index in [1.165, 1.54) is 0 Å². The van der Waals surface area contributed by atoms with Gasteiger partial charge in [-0.25, -0.2) is 8.78 Å². The Labute approximate surface area is 156 Å². The quantitative estimate of drug-likeness (QED) is 0.660. The number of likely N-dealkylation sites (tertiary alicyclic amines) is 1. The van der Waals surface area contributed by atoms with E-state index in [2.05, 4.69) is 22.0 Å². The SMILES string of the molecule is C/C=C1/C(CN2CCC(C(F)(F)CC)CC2)=CC(OC)=C(C)C1=NCC. The minimum absolute atomic E-state index is 0.0658. The summed E-state index contributed by atoms with van der Waals surface area (Å²) in [6.45, 7) is 10.5. The van der Waals surface area contributed by atoms with Gasteiger partial charge in [0.25, 0.3) is 5.92 Å². The third-order valence-corrected chi connectivity index (χ3v) is 5.51. The van der Waals surface area contributed by atoms with Gasteiger partial charge in [0.1, 0.15) is 5.76 Å². The second kappa shape index (κ2) is 8.94. The van der Waals surface area contributed by atoms with Crippen molar-refractivity contribution in [1.82, 2.24) is 4.90 Å². The monoisotopic (exact) mass is 366 g/mol. The van der Waals surface area contributed by atoms with E-state index >= 15 is 0 Å². The lowest BCUT2D eigenvalue weighted by Crippen LogP contribution is -2.41. The fraction of sp³-hybridized carbons (Fsp3) is 0.667. The van der Waals surface area contributed by atoms with Crippen LogP contribution in [0.2, 0.25) is 0 Å². The predicted molar refractivity (Wildman–Crippen MR) is 104 cm³/mol. The van der Waals surface area contributed by atoms with Crippen molar-refractivity contribution in [3.8, 4) is 0 Å². The standard InChI is InChI=1S/C21H32F2N2O/c1-6-18-16(13-19(26-5)15(4)20(18)24-8-3)14-25-11-9-17(10-12-25)21(22,23)7-2/h6,13,17H,7-12,14H2,1-5H3/b18-6-,24-20?. The molecule has 0 radical (unpaired) electrons. The summed E-state index contributed by atoms with van der Waals surface area (Å²) in [6, 6.07) is 0. The van der Waals surface area contributed by atoms with Gasteiger partial charge in [0.15, 0.2) is 0 Å². The highest BCUT2D eigenvalue weighted by Crippen LogP contribution is 2.36. The highest BCUT2D eigenvalue weighted by atomic mass is 19.3. The normalized spacial score (nSPS) is 23.7. The largest absolute Gasteiger partial charge is 0.496 e. The molecule has 0 saturated carbocycles. The molecule has 0 spiro atoms. The van der Waals surface area contributed by atoms with Crippen LogP contribution in [0.4, 0.5) is 8.78 Å². The molecule has 0 N–H and O–H groups in total. The number of methoxy groups -OCH3 is 1. The second-order valence-electron chi connectivity index (χ2n) is 7.05. The van der Waals surface area contributed by atoms with Gasteiger partial charge in [0.05, 0.1) is 12.8 Å². The Balaban J connectivity index is 2.15. The fourth-order valence-electron chi connectivity index (χ4n) is 3.88. The zero-order chi connectivity index (χ0) is 19.3. The molecular weight excluding hydrogens is 334 g/mol. The van der Waals surface area contributed by atoms with E-state index in [9.17, 15) is 8.78 Å². The number of aliphatic imine (C=N–C) groups is 1. The smallest absolute Gasteiger partial charge is 0.250 e. The third kappa shape index (κ3) is 4.43. The van der Waals surface area contributed by atoms with E-state index < -0.39 is 11.8 Å². The maximum Gasteiger partial charge on any atom is 0.250 e. The van der Waals surface area contributed by atoms with Crippen molar-refractivity contribution in [1.29, 1.82) is 0 Å². The molecule has 0 aromatic carbocycles. The van der Waals surface area contributed by atoms with E-state index in [0.29, 0.717) is 32.5 Å². The summed E-state index contributed by atoms with van der Waals surface area (Å²) in [5.74, 6) is -2.18. The summed E-state index contributed by atoms with van der Waals surface area (Å²) in [4.78, 5) is 6.94. The van der Waals surface area contributed by atoms with E-state index in [0.717, 1.165) is 34.7 Å². The average Bonchev–Trinajstić information content (AvgIpc) is 2.64. The Kier molecular flexibility index (Phi) is 7.16. The van der Waals surface area contributed by atoms with Gasteiger partial charge < -0.3 is 4.74 Å². The van der Waals surface area contributed by atoms with Gasteiger partial charge in [-0.3, -0.25) is 9.89 Å². The lowest BCUT2D eigenvalue weighted by molar-refractivity contribution is -0.0803. The molecule has 1 saturated heterocycles. The molecule has 2 rings (SSSR count). The number of ether oxygens (including phenoxy) is 1. The topological polar surface area (TPSA) is 24.8 Å². The van der Waals surface area contributed by atoms with Gasteiger partial charge in [0.2, 0.25) is 0 Å². The van der Waals surface area contributed by atoms with Gasteiger partial charge in [-0.05, 0) is 58.4 Å². The molecule has 0 aromatic rings. The molecule has 0 bridgehead atoms. The Morgan fingerprint density at radius 3 is 2.46 bits per heavy atom. The van der Waals surface area contributed by atoms with Gasteiger partial charge in [-0.1, -0.05) is 13.0 Å². The van der Waals surface area contributed by atoms with Crippen LogP contribution in [0.3, 0.4) is 0 Å². The molecule has 1 heterocycles. The van der Waals surface area contributed by atoms with Crippen molar-refractivity contribution in [3.05, 3.63) is 34.6 Å². The summed E-state index contributed by atoms with van der Waals surface area (Å²) in [5.41, 5.74) is 4.32. The summed E-state index contributed by atoms with van der Waals surface area (Å²) < 4.78 is 33.4. The first-order chi connectivity index (χ1) is 12.4. The second-order valence-corrected chi connectivity index (χ2v) is 7.05. The molecule has 2 aliphatic rings. The van der Waals surface area contributed by atoms with Crippen LogP contribution in [0.15, 0.2) is 39.6 Å².